The summed E-state index contributed by atoms with van der Waals surface area (Å²) in [4.78, 5) is 18.0. The van der Waals surface area contributed by atoms with E-state index >= 15 is 0 Å². The summed E-state index contributed by atoms with van der Waals surface area (Å²) >= 11 is 4.83. The SMILES string of the molecule is Cc1ccc(-c2nc(C)c(C(=O)NC3CCOc4ccc(Br)cc43)s2)o1. The molecular weight excluding hydrogens is 416 g/mol. The largest absolute Gasteiger partial charge is 0.493 e. The van der Waals surface area contributed by atoms with E-state index in [9.17, 15) is 4.79 Å². The van der Waals surface area contributed by atoms with E-state index < -0.39 is 0 Å². The normalized spacial score (nSPS) is 16.0. The summed E-state index contributed by atoms with van der Waals surface area (Å²) in [6, 6.07) is 9.54. The van der Waals surface area contributed by atoms with Crippen molar-refractivity contribution >= 4 is 33.2 Å². The van der Waals surface area contributed by atoms with Gasteiger partial charge in [0, 0.05) is 16.5 Å². The van der Waals surface area contributed by atoms with E-state index in [0.29, 0.717) is 22.9 Å². The summed E-state index contributed by atoms with van der Waals surface area (Å²) in [6.07, 6.45) is 0.733. The van der Waals surface area contributed by atoms with E-state index in [4.69, 9.17) is 9.15 Å². The molecule has 7 heteroatoms. The lowest BCUT2D eigenvalue weighted by Crippen LogP contribution is -2.32. The molecule has 0 saturated heterocycles. The Bertz CT molecular complexity index is 979. The molecule has 0 fully saturated rings. The molecule has 134 valence electrons. The van der Waals surface area contributed by atoms with Gasteiger partial charge >= 0.3 is 0 Å². The summed E-state index contributed by atoms with van der Waals surface area (Å²) < 4.78 is 12.3. The number of aryl methyl sites for hydroxylation is 2. The van der Waals surface area contributed by atoms with E-state index in [-0.39, 0.29) is 11.9 Å². The maximum atomic E-state index is 12.9. The summed E-state index contributed by atoms with van der Waals surface area (Å²) in [5.41, 5.74) is 1.70. The molecule has 4 rings (SSSR count). The highest BCUT2D eigenvalue weighted by molar-refractivity contribution is 9.10. The van der Waals surface area contributed by atoms with Crippen molar-refractivity contribution in [1.82, 2.24) is 10.3 Å². The molecule has 1 aliphatic rings. The van der Waals surface area contributed by atoms with Gasteiger partial charge in [-0.2, -0.15) is 0 Å². The Kier molecular flexibility index (Phi) is 4.58. The molecule has 3 heterocycles. The van der Waals surface area contributed by atoms with Gasteiger partial charge in [-0.05, 0) is 44.2 Å². The number of hydrogen-bond donors (Lipinski definition) is 1. The number of benzene rings is 1. The molecule has 0 saturated carbocycles. The number of nitrogens with one attached hydrogen (secondary N) is 1. The molecule has 3 aromatic rings. The number of nitrogens with zero attached hydrogens (tertiary/aromatic N) is 1. The van der Waals surface area contributed by atoms with Crippen molar-refractivity contribution in [2.75, 3.05) is 6.61 Å². The number of fused-ring (bicyclic) bond motifs is 1. The zero-order valence-electron chi connectivity index (χ0n) is 14.3. The van der Waals surface area contributed by atoms with Crippen LogP contribution >= 0.6 is 27.3 Å². The standard InChI is InChI=1S/C19H17BrN2O3S/c1-10-3-5-16(25-10)19-21-11(2)17(26-19)18(23)22-14-7-8-24-15-6-4-12(20)9-13(14)15/h3-6,9,14H,7-8H2,1-2H3,(H,22,23). The number of ether oxygens (including phenoxy) is 1. The first-order chi connectivity index (χ1) is 12.5. The average molecular weight is 433 g/mol. The molecule has 0 bridgehead atoms. The predicted octanol–water partition coefficient (Wildman–Crippen LogP) is 5.04. The predicted molar refractivity (Wildman–Crippen MR) is 104 cm³/mol. The quantitative estimate of drug-likeness (QED) is 0.629. The van der Waals surface area contributed by atoms with Gasteiger partial charge < -0.3 is 14.5 Å². The molecule has 1 N–H and O–H groups in total. The molecule has 0 aliphatic carbocycles. The third-order valence-corrected chi connectivity index (χ3v) is 5.93. The first kappa shape index (κ1) is 17.3. The number of rotatable bonds is 3. The van der Waals surface area contributed by atoms with Crippen LogP contribution < -0.4 is 10.1 Å². The minimum atomic E-state index is -0.118. The minimum Gasteiger partial charge on any atom is -0.493 e. The Hall–Kier alpha value is -2.12. The number of amides is 1. The number of furan rings is 1. The zero-order chi connectivity index (χ0) is 18.3. The molecule has 2 aromatic heterocycles. The highest BCUT2D eigenvalue weighted by Crippen LogP contribution is 2.35. The Morgan fingerprint density at radius 1 is 1.31 bits per heavy atom. The first-order valence-corrected chi connectivity index (χ1v) is 9.89. The van der Waals surface area contributed by atoms with Crippen LogP contribution in [0.3, 0.4) is 0 Å². The fraction of sp³-hybridized carbons (Fsp3) is 0.263. The summed E-state index contributed by atoms with van der Waals surface area (Å²) in [7, 11) is 0. The lowest BCUT2D eigenvalue weighted by molar-refractivity contribution is 0.0928. The van der Waals surface area contributed by atoms with Gasteiger partial charge in [0.05, 0.1) is 18.3 Å². The van der Waals surface area contributed by atoms with Crippen molar-refractivity contribution < 1.29 is 13.9 Å². The van der Waals surface area contributed by atoms with Crippen LogP contribution in [0.2, 0.25) is 0 Å². The van der Waals surface area contributed by atoms with E-state index in [2.05, 4.69) is 26.2 Å². The molecule has 1 amide bonds. The van der Waals surface area contributed by atoms with Crippen LogP contribution in [0.25, 0.3) is 10.8 Å². The Morgan fingerprint density at radius 3 is 2.92 bits per heavy atom. The van der Waals surface area contributed by atoms with Crippen LogP contribution in [0.5, 0.6) is 5.75 Å². The van der Waals surface area contributed by atoms with E-state index in [1.165, 1.54) is 11.3 Å². The molecule has 0 spiro atoms. The first-order valence-electron chi connectivity index (χ1n) is 8.28. The summed E-state index contributed by atoms with van der Waals surface area (Å²) in [5, 5.41) is 3.85. The fourth-order valence-corrected chi connectivity index (χ4v) is 4.31. The van der Waals surface area contributed by atoms with Gasteiger partial charge in [0.15, 0.2) is 10.8 Å². The Morgan fingerprint density at radius 2 is 2.15 bits per heavy atom. The van der Waals surface area contributed by atoms with Gasteiger partial charge in [-0.25, -0.2) is 4.98 Å². The van der Waals surface area contributed by atoms with Gasteiger partial charge in [0.25, 0.3) is 5.91 Å². The Labute approximate surface area is 163 Å². The van der Waals surface area contributed by atoms with Crippen LogP contribution in [-0.2, 0) is 0 Å². The molecule has 1 aromatic carbocycles. The van der Waals surface area contributed by atoms with Crippen molar-refractivity contribution in [3.63, 3.8) is 0 Å². The molecule has 1 unspecified atom stereocenters. The summed E-state index contributed by atoms with van der Waals surface area (Å²) in [5.74, 6) is 2.21. The topological polar surface area (TPSA) is 64.4 Å². The maximum absolute atomic E-state index is 12.9. The monoisotopic (exact) mass is 432 g/mol. The van der Waals surface area contributed by atoms with Gasteiger partial charge in [0.2, 0.25) is 0 Å². The molecular formula is C19H17BrN2O3S. The van der Waals surface area contributed by atoms with Crippen molar-refractivity contribution in [1.29, 1.82) is 0 Å². The van der Waals surface area contributed by atoms with Gasteiger partial charge in [-0.15, -0.1) is 11.3 Å². The number of hydrogen-bond acceptors (Lipinski definition) is 5. The van der Waals surface area contributed by atoms with Crippen molar-refractivity contribution in [2.45, 2.75) is 26.3 Å². The number of carbonyl (C=O) groups is 1. The molecule has 1 aliphatic heterocycles. The van der Waals surface area contributed by atoms with Gasteiger partial charge in [-0.1, -0.05) is 15.9 Å². The lowest BCUT2D eigenvalue weighted by Gasteiger charge is -2.26. The van der Waals surface area contributed by atoms with Crippen LogP contribution in [0.4, 0.5) is 0 Å². The van der Waals surface area contributed by atoms with Crippen molar-refractivity contribution in [3.05, 3.63) is 56.7 Å². The van der Waals surface area contributed by atoms with Crippen LogP contribution in [0.15, 0.2) is 39.2 Å². The lowest BCUT2D eigenvalue weighted by atomic mass is 10.0. The highest BCUT2D eigenvalue weighted by Gasteiger charge is 2.26. The second-order valence-electron chi connectivity index (χ2n) is 6.19. The highest BCUT2D eigenvalue weighted by atomic mass is 79.9. The average Bonchev–Trinajstić information content (AvgIpc) is 3.21. The third kappa shape index (κ3) is 3.29. The molecule has 5 nitrogen and oxygen atoms in total. The van der Waals surface area contributed by atoms with E-state index in [0.717, 1.165) is 33.0 Å². The van der Waals surface area contributed by atoms with Crippen molar-refractivity contribution in [3.8, 4) is 16.5 Å². The van der Waals surface area contributed by atoms with E-state index in [1.807, 2.05) is 44.2 Å². The number of thiazole rings is 1. The smallest absolute Gasteiger partial charge is 0.263 e. The molecule has 0 radical (unpaired) electrons. The number of carbonyl (C=O) groups excluding carboxylic acids is 1. The molecule has 26 heavy (non-hydrogen) atoms. The number of halogens is 1. The van der Waals surface area contributed by atoms with E-state index in [1.54, 1.807) is 0 Å². The molecule has 1 atom stereocenters. The third-order valence-electron chi connectivity index (χ3n) is 4.27. The van der Waals surface area contributed by atoms with Crippen LogP contribution in [0.1, 0.15) is 39.2 Å². The van der Waals surface area contributed by atoms with Crippen molar-refractivity contribution in [2.24, 2.45) is 0 Å². The second-order valence-corrected chi connectivity index (χ2v) is 8.10. The second kappa shape index (κ2) is 6.89. The maximum Gasteiger partial charge on any atom is 0.263 e. The number of aromatic nitrogens is 1. The van der Waals surface area contributed by atoms with Crippen LogP contribution in [-0.4, -0.2) is 17.5 Å². The van der Waals surface area contributed by atoms with Gasteiger partial charge in [-0.3, -0.25) is 4.79 Å². The van der Waals surface area contributed by atoms with Gasteiger partial charge in [0.1, 0.15) is 16.4 Å². The Balaban J connectivity index is 1.58. The van der Waals surface area contributed by atoms with Crippen LogP contribution in [0, 0.1) is 13.8 Å². The fourth-order valence-electron chi connectivity index (χ4n) is 3.00. The zero-order valence-corrected chi connectivity index (χ0v) is 16.7. The summed E-state index contributed by atoms with van der Waals surface area (Å²) in [6.45, 7) is 4.32. The minimum absolute atomic E-state index is 0.0837.